The van der Waals surface area contributed by atoms with Crippen LogP contribution in [0.3, 0.4) is 0 Å². The van der Waals surface area contributed by atoms with Crippen molar-refractivity contribution in [2.75, 3.05) is 19.5 Å². The van der Waals surface area contributed by atoms with Gasteiger partial charge in [-0.1, -0.05) is 0 Å². The summed E-state index contributed by atoms with van der Waals surface area (Å²) < 4.78 is 10.5. The van der Waals surface area contributed by atoms with E-state index in [2.05, 4.69) is 10.6 Å². The number of nitrogens with one attached hydrogen (secondary N) is 2. The molecule has 1 atom stereocenters. The van der Waals surface area contributed by atoms with Crippen LogP contribution in [0, 0.1) is 5.92 Å². The van der Waals surface area contributed by atoms with E-state index in [4.69, 9.17) is 9.47 Å². The van der Waals surface area contributed by atoms with Crippen LogP contribution in [0.2, 0.25) is 0 Å². The van der Waals surface area contributed by atoms with Crippen LogP contribution >= 0.6 is 0 Å². The highest BCUT2D eigenvalue weighted by Gasteiger charge is 2.36. The molecule has 0 radical (unpaired) electrons. The molecule has 18 heavy (non-hydrogen) atoms. The number of carbonyl (C=O) groups excluding carboxylic acids is 1. The van der Waals surface area contributed by atoms with Crippen LogP contribution < -0.4 is 20.1 Å². The van der Waals surface area contributed by atoms with Crippen molar-refractivity contribution in [1.82, 2.24) is 5.32 Å². The van der Waals surface area contributed by atoms with Crippen LogP contribution in [0.4, 0.5) is 5.69 Å². The van der Waals surface area contributed by atoms with E-state index in [1.54, 1.807) is 20.3 Å². The van der Waals surface area contributed by atoms with Crippen LogP contribution in [-0.2, 0) is 0 Å². The van der Waals surface area contributed by atoms with Gasteiger partial charge in [0, 0.05) is 6.07 Å². The molecule has 2 N–H and O–H groups in total. The average molecular weight is 248 g/mol. The Hall–Kier alpha value is -1.91. The summed E-state index contributed by atoms with van der Waals surface area (Å²) in [4.78, 5) is 12.0. The molecule has 0 aromatic heterocycles. The van der Waals surface area contributed by atoms with E-state index in [1.807, 2.05) is 6.07 Å². The van der Waals surface area contributed by atoms with Crippen LogP contribution in [0.15, 0.2) is 12.1 Å². The van der Waals surface area contributed by atoms with Crippen molar-refractivity contribution in [3.63, 3.8) is 0 Å². The summed E-state index contributed by atoms with van der Waals surface area (Å²) >= 11 is 0. The molecule has 2 aliphatic rings. The van der Waals surface area contributed by atoms with Gasteiger partial charge in [-0.25, -0.2) is 0 Å². The maximum Gasteiger partial charge on any atom is 0.255 e. The lowest BCUT2D eigenvalue weighted by atomic mass is 10.1. The number of anilines is 1. The van der Waals surface area contributed by atoms with Crippen molar-refractivity contribution in [3.05, 3.63) is 17.7 Å². The molecule has 1 heterocycles. The third kappa shape index (κ3) is 1.75. The van der Waals surface area contributed by atoms with Crippen molar-refractivity contribution in [1.29, 1.82) is 0 Å². The number of benzene rings is 1. The normalized spacial score (nSPS) is 21.7. The van der Waals surface area contributed by atoms with E-state index < -0.39 is 0 Å². The average Bonchev–Trinajstić information content (AvgIpc) is 3.21. The monoisotopic (exact) mass is 248 g/mol. The molecule has 1 fully saturated rings. The Kier molecular flexibility index (Phi) is 2.54. The minimum atomic E-state index is -0.0541. The first kappa shape index (κ1) is 11.2. The van der Waals surface area contributed by atoms with E-state index >= 15 is 0 Å². The first-order chi connectivity index (χ1) is 8.72. The molecule has 0 spiro atoms. The van der Waals surface area contributed by atoms with E-state index in [1.165, 1.54) is 12.8 Å². The second-order valence-corrected chi connectivity index (χ2v) is 4.69. The quantitative estimate of drug-likeness (QED) is 0.853. The summed E-state index contributed by atoms with van der Waals surface area (Å²) in [5.41, 5.74) is 1.41. The number of ether oxygens (including phenoxy) is 2. The predicted molar refractivity (Wildman–Crippen MR) is 67.1 cm³/mol. The van der Waals surface area contributed by atoms with E-state index in [0.717, 1.165) is 5.69 Å². The molecule has 0 saturated heterocycles. The van der Waals surface area contributed by atoms with Gasteiger partial charge in [0.15, 0.2) is 11.5 Å². The first-order valence-corrected chi connectivity index (χ1v) is 6.06. The fraction of sp³-hybridized carbons (Fsp3) is 0.462. The van der Waals surface area contributed by atoms with Gasteiger partial charge < -0.3 is 20.1 Å². The Bertz CT molecular complexity index is 497. The number of fused-ring (bicyclic) bond motifs is 1. The van der Waals surface area contributed by atoms with Gasteiger partial charge in [-0.3, -0.25) is 4.79 Å². The maximum atomic E-state index is 12.0. The predicted octanol–water partition coefficient (Wildman–Crippen LogP) is 1.60. The summed E-state index contributed by atoms with van der Waals surface area (Å²) in [5, 5.41) is 6.32. The highest BCUT2D eigenvalue weighted by Crippen LogP contribution is 2.39. The van der Waals surface area contributed by atoms with Crippen LogP contribution in [0.5, 0.6) is 11.5 Å². The molecular weight excluding hydrogens is 232 g/mol. The number of rotatable bonds is 3. The number of hydrogen-bond donors (Lipinski definition) is 2. The molecule has 1 aliphatic heterocycles. The summed E-state index contributed by atoms with van der Waals surface area (Å²) in [6, 6.07) is 3.53. The minimum Gasteiger partial charge on any atom is -0.493 e. The van der Waals surface area contributed by atoms with Crippen LogP contribution in [0.25, 0.3) is 0 Å². The molecule has 1 aliphatic carbocycles. The third-order valence-electron chi connectivity index (χ3n) is 3.46. The Morgan fingerprint density at radius 2 is 1.78 bits per heavy atom. The van der Waals surface area contributed by atoms with Crippen molar-refractivity contribution < 1.29 is 14.3 Å². The smallest absolute Gasteiger partial charge is 0.255 e. The van der Waals surface area contributed by atoms with Gasteiger partial charge in [0.25, 0.3) is 5.91 Å². The molecule has 5 heteroatoms. The number of amides is 1. The topological polar surface area (TPSA) is 59.6 Å². The van der Waals surface area contributed by atoms with Crippen LogP contribution in [0.1, 0.15) is 23.2 Å². The molecule has 1 aromatic carbocycles. The standard InChI is InChI=1S/C13H16N2O3/c1-17-10-5-8-9(6-11(10)18-2)14-12(7-3-4-7)15-13(8)16/h5-7,12,14H,3-4H2,1-2H3,(H,15,16). The number of carbonyl (C=O) groups is 1. The zero-order chi connectivity index (χ0) is 12.7. The second kappa shape index (κ2) is 4.08. The maximum absolute atomic E-state index is 12.0. The van der Waals surface area contributed by atoms with E-state index in [-0.39, 0.29) is 12.1 Å². The third-order valence-corrected chi connectivity index (χ3v) is 3.46. The molecule has 1 saturated carbocycles. The van der Waals surface area contributed by atoms with E-state index in [0.29, 0.717) is 23.0 Å². The molecule has 1 aromatic rings. The Morgan fingerprint density at radius 3 is 2.39 bits per heavy atom. The lowest BCUT2D eigenvalue weighted by Crippen LogP contribution is -2.46. The molecule has 0 bridgehead atoms. The Labute approximate surface area is 105 Å². The number of methoxy groups -OCH3 is 2. The summed E-state index contributed by atoms with van der Waals surface area (Å²) in [6.45, 7) is 0. The molecule has 96 valence electrons. The largest absolute Gasteiger partial charge is 0.493 e. The highest BCUT2D eigenvalue weighted by atomic mass is 16.5. The minimum absolute atomic E-state index is 0.0445. The lowest BCUT2D eigenvalue weighted by molar-refractivity contribution is 0.0931. The van der Waals surface area contributed by atoms with Gasteiger partial charge >= 0.3 is 0 Å². The Morgan fingerprint density at radius 1 is 1.11 bits per heavy atom. The van der Waals surface area contributed by atoms with Crippen molar-refractivity contribution in [2.45, 2.75) is 19.0 Å². The summed E-state index contributed by atoms with van der Waals surface area (Å²) in [7, 11) is 3.15. The van der Waals surface area contributed by atoms with Crippen molar-refractivity contribution in [2.24, 2.45) is 5.92 Å². The second-order valence-electron chi connectivity index (χ2n) is 4.69. The summed E-state index contributed by atoms with van der Waals surface area (Å²) in [6.07, 6.45) is 2.38. The zero-order valence-corrected chi connectivity index (χ0v) is 10.4. The van der Waals surface area contributed by atoms with Gasteiger partial charge in [0.2, 0.25) is 0 Å². The molecular formula is C13H16N2O3. The van der Waals surface area contributed by atoms with Gasteiger partial charge in [-0.2, -0.15) is 0 Å². The van der Waals surface area contributed by atoms with Crippen molar-refractivity contribution in [3.8, 4) is 11.5 Å². The fourth-order valence-corrected chi connectivity index (χ4v) is 2.27. The van der Waals surface area contributed by atoms with Gasteiger partial charge in [-0.05, 0) is 24.8 Å². The fourth-order valence-electron chi connectivity index (χ4n) is 2.27. The first-order valence-electron chi connectivity index (χ1n) is 6.06. The van der Waals surface area contributed by atoms with Crippen LogP contribution in [-0.4, -0.2) is 26.3 Å². The Balaban J connectivity index is 1.99. The molecule has 3 rings (SSSR count). The van der Waals surface area contributed by atoms with E-state index in [9.17, 15) is 4.79 Å². The molecule has 1 amide bonds. The van der Waals surface area contributed by atoms with Gasteiger partial charge in [-0.15, -0.1) is 0 Å². The summed E-state index contributed by atoms with van der Waals surface area (Å²) in [5.74, 6) is 1.70. The number of hydrogen-bond acceptors (Lipinski definition) is 4. The molecule has 5 nitrogen and oxygen atoms in total. The molecule has 1 unspecified atom stereocenters. The highest BCUT2D eigenvalue weighted by molar-refractivity contribution is 6.02. The lowest BCUT2D eigenvalue weighted by Gasteiger charge is -2.28. The van der Waals surface area contributed by atoms with Gasteiger partial charge in [0.1, 0.15) is 6.17 Å². The van der Waals surface area contributed by atoms with Crippen molar-refractivity contribution >= 4 is 11.6 Å². The zero-order valence-electron chi connectivity index (χ0n) is 10.4. The SMILES string of the molecule is COc1cc2c(cc1OC)C(=O)NC(C1CC1)N2. The van der Waals surface area contributed by atoms with Gasteiger partial charge in [0.05, 0.1) is 25.5 Å².